The molecule has 0 spiro atoms. The Bertz CT molecular complexity index is 387. The van der Waals surface area contributed by atoms with Gasteiger partial charge in [0.25, 0.3) is 0 Å². The average molecular weight is 223 g/mol. The van der Waals surface area contributed by atoms with Crippen molar-refractivity contribution in [3.63, 3.8) is 0 Å². The van der Waals surface area contributed by atoms with Crippen molar-refractivity contribution >= 4 is 17.2 Å². The number of hydrogen-bond acceptors (Lipinski definition) is 3. The SMILES string of the molecule is CC(=O)NCCC#Cc1csc(CO)c1. The summed E-state index contributed by atoms with van der Waals surface area (Å²) in [4.78, 5) is 11.5. The Hall–Kier alpha value is -1.31. The Balaban J connectivity index is 2.34. The topological polar surface area (TPSA) is 49.3 Å². The minimum atomic E-state index is -0.0325. The molecule has 1 amide bonds. The molecule has 2 N–H and O–H groups in total. The lowest BCUT2D eigenvalue weighted by Crippen LogP contribution is -2.20. The minimum Gasteiger partial charge on any atom is -0.391 e. The van der Waals surface area contributed by atoms with Gasteiger partial charge in [0.05, 0.1) is 6.61 Å². The van der Waals surface area contributed by atoms with Gasteiger partial charge in [-0.25, -0.2) is 0 Å². The lowest BCUT2D eigenvalue weighted by atomic mass is 10.3. The third-order valence-corrected chi connectivity index (χ3v) is 2.59. The summed E-state index contributed by atoms with van der Waals surface area (Å²) in [7, 11) is 0. The van der Waals surface area contributed by atoms with E-state index in [4.69, 9.17) is 5.11 Å². The van der Waals surface area contributed by atoms with Gasteiger partial charge in [0.1, 0.15) is 0 Å². The lowest BCUT2D eigenvalue weighted by Gasteiger charge is -1.94. The Labute approximate surface area is 93.1 Å². The number of hydrogen-bond donors (Lipinski definition) is 2. The Kier molecular flexibility index (Phi) is 4.88. The lowest BCUT2D eigenvalue weighted by molar-refractivity contribution is -0.118. The zero-order valence-corrected chi connectivity index (χ0v) is 9.36. The molecule has 3 nitrogen and oxygen atoms in total. The van der Waals surface area contributed by atoms with Crippen LogP contribution in [0, 0.1) is 11.8 Å². The number of amides is 1. The van der Waals surface area contributed by atoms with Crippen molar-refractivity contribution in [2.24, 2.45) is 0 Å². The molecule has 0 radical (unpaired) electrons. The second kappa shape index (κ2) is 6.23. The molecule has 15 heavy (non-hydrogen) atoms. The summed E-state index contributed by atoms with van der Waals surface area (Å²) in [5, 5.41) is 13.4. The van der Waals surface area contributed by atoms with Crippen LogP contribution in [0.25, 0.3) is 0 Å². The molecule has 0 saturated carbocycles. The van der Waals surface area contributed by atoms with Crippen LogP contribution in [0.5, 0.6) is 0 Å². The van der Waals surface area contributed by atoms with Gasteiger partial charge in [-0.2, -0.15) is 0 Å². The first-order chi connectivity index (χ1) is 7.22. The highest BCUT2D eigenvalue weighted by Crippen LogP contribution is 2.13. The second-order valence-electron chi connectivity index (χ2n) is 2.99. The maximum absolute atomic E-state index is 10.5. The Morgan fingerprint density at radius 1 is 1.67 bits per heavy atom. The molecule has 1 rings (SSSR count). The molecule has 4 heteroatoms. The van der Waals surface area contributed by atoms with E-state index in [1.54, 1.807) is 0 Å². The standard InChI is InChI=1S/C11H13NO2S/c1-9(14)12-5-3-2-4-10-6-11(7-13)15-8-10/h6,8,13H,3,5,7H2,1H3,(H,12,14). The molecule has 1 heterocycles. The van der Waals surface area contributed by atoms with E-state index in [2.05, 4.69) is 17.2 Å². The number of nitrogens with one attached hydrogen (secondary N) is 1. The molecule has 0 bridgehead atoms. The van der Waals surface area contributed by atoms with Gasteiger partial charge >= 0.3 is 0 Å². The molecule has 0 unspecified atom stereocenters. The van der Waals surface area contributed by atoms with E-state index < -0.39 is 0 Å². The molecule has 1 aromatic rings. The van der Waals surface area contributed by atoms with Crippen molar-refractivity contribution < 1.29 is 9.90 Å². The number of rotatable bonds is 3. The summed E-state index contributed by atoms with van der Waals surface area (Å²) in [5.41, 5.74) is 0.923. The van der Waals surface area contributed by atoms with Gasteiger partial charge in [0.2, 0.25) is 5.91 Å². The van der Waals surface area contributed by atoms with Gasteiger partial charge in [-0.3, -0.25) is 4.79 Å². The van der Waals surface area contributed by atoms with Gasteiger partial charge < -0.3 is 10.4 Å². The van der Waals surface area contributed by atoms with Gasteiger partial charge in [-0.1, -0.05) is 11.8 Å². The zero-order valence-electron chi connectivity index (χ0n) is 8.54. The molecule has 0 aliphatic rings. The fourth-order valence-corrected chi connectivity index (χ4v) is 1.67. The normalized spacial score (nSPS) is 9.20. The highest BCUT2D eigenvalue weighted by atomic mass is 32.1. The average Bonchev–Trinajstić information content (AvgIpc) is 2.65. The van der Waals surface area contributed by atoms with Crippen molar-refractivity contribution in [3.8, 4) is 11.8 Å². The fraction of sp³-hybridized carbons (Fsp3) is 0.364. The van der Waals surface area contributed by atoms with Crippen LogP contribution in [0.3, 0.4) is 0 Å². The van der Waals surface area contributed by atoms with E-state index in [0.717, 1.165) is 10.4 Å². The molecule has 1 aromatic heterocycles. The molecule has 0 aliphatic heterocycles. The van der Waals surface area contributed by atoms with Crippen LogP contribution in [-0.2, 0) is 11.4 Å². The molecular weight excluding hydrogens is 210 g/mol. The van der Waals surface area contributed by atoms with Gasteiger partial charge in [-0.15, -0.1) is 11.3 Å². The van der Waals surface area contributed by atoms with E-state index in [-0.39, 0.29) is 12.5 Å². The molecular formula is C11H13NO2S. The van der Waals surface area contributed by atoms with Crippen LogP contribution in [0.4, 0.5) is 0 Å². The third-order valence-electron chi connectivity index (χ3n) is 1.67. The van der Waals surface area contributed by atoms with Crippen molar-refractivity contribution in [1.82, 2.24) is 5.32 Å². The minimum absolute atomic E-state index is 0.0325. The molecule has 0 aromatic carbocycles. The summed E-state index contributed by atoms with van der Waals surface area (Å²) >= 11 is 1.50. The maximum Gasteiger partial charge on any atom is 0.216 e. The summed E-state index contributed by atoms with van der Waals surface area (Å²) in [5.74, 6) is 5.89. The summed E-state index contributed by atoms with van der Waals surface area (Å²) in [6.07, 6.45) is 0.643. The third kappa shape index (κ3) is 4.63. The first kappa shape index (κ1) is 11.8. The molecule has 80 valence electrons. The van der Waals surface area contributed by atoms with E-state index in [1.807, 2.05) is 11.4 Å². The van der Waals surface area contributed by atoms with Gasteiger partial charge in [-0.05, 0) is 6.07 Å². The van der Waals surface area contributed by atoms with Crippen molar-refractivity contribution in [1.29, 1.82) is 0 Å². The molecule has 0 saturated heterocycles. The monoisotopic (exact) mass is 223 g/mol. The smallest absolute Gasteiger partial charge is 0.216 e. The Morgan fingerprint density at radius 3 is 3.07 bits per heavy atom. The molecule has 0 fully saturated rings. The number of carbonyl (C=O) groups is 1. The maximum atomic E-state index is 10.5. The highest BCUT2D eigenvalue weighted by Gasteiger charge is 1.94. The predicted molar refractivity (Wildman–Crippen MR) is 60.4 cm³/mol. The van der Waals surface area contributed by atoms with Crippen molar-refractivity contribution in [2.75, 3.05) is 6.54 Å². The van der Waals surface area contributed by atoms with Crippen molar-refractivity contribution in [3.05, 3.63) is 21.9 Å². The van der Waals surface area contributed by atoms with Crippen LogP contribution in [0.2, 0.25) is 0 Å². The first-order valence-corrected chi connectivity index (χ1v) is 5.52. The molecule has 0 atom stereocenters. The highest BCUT2D eigenvalue weighted by molar-refractivity contribution is 7.10. The number of thiophene rings is 1. The largest absolute Gasteiger partial charge is 0.391 e. The quantitative estimate of drug-likeness (QED) is 0.596. The van der Waals surface area contributed by atoms with Gasteiger partial charge in [0.15, 0.2) is 0 Å². The summed E-state index contributed by atoms with van der Waals surface area (Å²) < 4.78 is 0. The molecule has 0 aliphatic carbocycles. The number of aliphatic hydroxyl groups excluding tert-OH is 1. The van der Waals surface area contributed by atoms with Crippen LogP contribution >= 0.6 is 11.3 Å². The fourth-order valence-electron chi connectivity index (χ4n) is 0.995. The van der Waals surface area contributed by atoms with Crippen LogP contribution in [0.15, 0.2) is 11.4 Å². The van der Waals surface area contributed by atoms with E-state index in [0.29, 0.717) is 13.0 Å². The zero-order chi connectivity index (χ0) is 11.1. The Morgan fingerprint density at radius 2 is 2.47 bits per heavy atom. The van der Waals surface area contributed by atoms with Crippen LogP contribution in [0.1, 0.15) is 23.8 Å². The second-order valence-corrected chi connectivity index (χ2v) is 3.99. The number of aliphatic hydroxyl groups is 1. The van der Waals surface area contributed by atoms with Crippen LogP contribution in [-0.4, -0.2) is 17.6 Å². The summed E-state index contributed by atoms with van der Waals surface area (Å²) in [6.45, 7) is 2.14. The summed E-state index contributed by atoms with van der Waals surface area (Å²) in [6, 6.07) is 1.87. The van der Waals surface area contributed by atoms with E-state index in [1.165, 1.54) is 18.3 Å². The first-order valence-electron chi connectivity index (χ1n) is 4.64. The van der Waals surface area contributed by atoms with E-state index in [9.17, 15) is 4.79 Å². The number of carbonyl (C=O) groups excluding carboxylic acids is 1. The van der Waals surface area contributed by atoms with E-state index >= 15 is 0 Å². The van der Waals surface area contributed by atoms with Gasteiger partial charge in [0, 0.05) is 35.7 Å². The predicted octanol–water partition coefficient (Wildman–Crippen LogP) is 1.12. The van der Waals surface area contributed by atoms with Crippen molar-refractivity contribution in [2.45, 2.75) is 20.0 Å². The van der Waals surface area contributed by atoms with Crippen LogP contribution < -0.4 is 5.32 Å².